The summed E-state index contributed by atoms with van der Waals surface area (Å²) in [7, 11) is 2.13. The van der Waals surface area contributed by atoms with Crippen molar-refractivity contribution in [2.24, 2.45) is 5.92 Å². The van der Waals surface area contributed by atoms with Gasteiger partial charge in [-0.05, 0) is 62.7 Å². The number of nitrogens with one attached hydrogen (secondary N) is 1. The summed E-state index contributed by atoms with van der Waals surface area (Å²) in [4.78, 5) is 2.69. The highest BCUT2D eigenvalue weighted by atomic mass is 15.1. The molecule has 3 rings (SSSR count). The molecule has 0 aromatic heterocycles. The van der Waals surface area contributed by atoms with E-state index >= 15 is 0 Å². The Morgan fingerprint density at radius 1 is 1.10 bits per heavy atom. The van der Waals surface area contributed by atoms with E-state index < -0.39 is 0 Å². The number of hydrogen-bond acceptors (Lipinski definition) is 2. The maximum absolute atomic E-state index is 3.51. The van der Waals surface area contributed by atoms with Crippen LogP contribution in [0.15, 0.2) is 24.3 Å². The Bertz CT molecular complexity index is 402. The Morgan fingerprint density at radius 3 is 2.45 bits per heavy atom. The van der Waals surface area contributed by atoms with Crippen molar-refractivity contribution < 1.29 is 0 Å². The van der Waals surface area contributed by atoms with Crippen LogP contribution >= 0.6 is 0 Å². The molecule has 2 aliphatic rings. The summed E-state index contributed by atoms with van der Waals surface area (Å²) in [5.74, 6) is 0.908. The lowest BCUT2D eigenvalue weighted by molar-refractivity contribution is 0.252. The van der Waals surface area contributed by atoms with Gasteiger partial charge in [-0.25, -0.2) is 0 Å². The first-order chi connectivity index (χ1) is 9.86. The van der Waals surface area contributed by atoms with Gasteiger partial charge in [0.25, 0.3) is 0 Å². The van der Waals surface area contributed by atoms with Crippen LogP contribution in [-0.4, -0.2) is 37.6 Å². The Hall–Kier alpha value is -0.860. The molecule has 2 nitrogen and oxygen atoms in total. The molecule has 0 radical (unpaired) electrons. The Balaban J connectivity index is 1.50. The molecule has 1 aliphatic carbocycles. The number of benzene rings is 1. The molecule has 1 heterocycles. The third kappa shape index (κ3) is 3.24. The molecule has 1 aromatic rings. The van der Waals surface area contributed by atoms with Crippen molar-refractivity contribution in [1.29, 1.82) is 0 Å². The highest BCUT2D eigenvalue weighted by Crippen LogP contribution is 2.28. The van der Waals surface area contributed by atoms with Gasteiger partial charge < -0.3 is 10.2 Å². The van der Waals surface area contributed by atoms with Gasteiger partial charge in [-0.2, -0.15) is 0 Å². The molecule has 1 aliphatic heterocycles. The maximum atomic E-state index is 3.51. The first-order valence-corrected chi connectivity index (χ1v) is 8.33. The molecule has 0 spiro atoms. The fraction of sp³-hybridized carbons (Fsp3) is 0.667. The van der Waals surface area contributed by atoms with Crippen LogP contribution in [0.3, 0.4) is 0 Å². The minimum Gasteiger partial charge on any atom is -0.317 e. The van der Waals surface area contributed by atoms with Gasteiger partial charge in [-0.3, -0.25) is 0 Å². The largest absolute Gasteiger partial charge is 0.317 e. The van der Waals surface area contributed by atoms with Gasteiger partial charge in [-0.15, -0.1) is 0 Å². The van der Waals surface area contributed by atoms with Gasteiger partial charge in [0.2, 0.25) is 0 Å². The summed E-state index contributed by atoms with van der Waals surface area (Å²) >= 11 is 0. The molecular formula is C18H28N2. The van der Waals surface area contributed by atoms with E-state index in [1.165, 1.54) is 58.2 Å². The second kappa shape index (κ2) is 6.73. The number of nitrogens with zero attached hydrogens (tertiary/aromatic N) is 1. The Labute approximate surface area is 123 Å². The number of rotatable bonds is 4. The zero-order valence-corrected chi connectivity index (χ0v) is 12.8. The zero-order valence-electron chi connectivity index (χ0n) is 12.8. The van der Waals surface area contributed by atoms with Crippen LogP contribution in [0.25, 0.3) is 0 Å². The van der Waals surface area contributed by atoms with Crippen LogP contribution in [0, 0.1) is 5.92 Å². The quantitative estimate of drug-likeness (QED) is 0.906. The standard InChI is InChI=1S/C18H28N2/c1-19-18-8-4-7-17(18)11-14-20-12-9-15-5-2-3-6-16(15)10-13-20/h2-3,5-6,17-19H,4,7-14H2,1H3. The average molecular weight is 272 g/mol. The Kier molecular flexibility index (Phi) is 4.74. The second-order valence-corrected chi connectivity index (χ2v) is 6.49. The second-order valence-electron chi connectivity index (χ2n) is 6.49. The Morgan fingerprint density at radius 2 is 1.80 bits per heavy atom. The van der Waals surface area contributed by atoms with E-state index in [9.17, 15) is 0 Å². The van der Waals surface area contributed by atoms with E-state index in [1.807, 2.05) is 0 Å². The lowest BCUT2D eigenvalue weighted by atomic mass is 9.99. The fourth-order valence-electron chi connectivity index (χ4n) is 4.05. The molecule has 0 bridgehead atoms. The van der Waals surface area contributed by atoms with Gasteiger partial charge >= 0.3 is 0 Å². The molecule has 1 N–H and O–H groups in total. The van der Waals surface area contributed by atoms with E-state index in [0.717, 1.165) is 12.0 Å². The molecule has 0 amide bonds. The summed E-state index contributed by atoms with van der Waals surface area (Å²) in [6, 6.07) is 9.77. The molecule has 20 heavy (non-hydrogen) atoms. The third-order valence-corrected chi connectivity index (χ3v) is 5.36. The molecule has 2 heteroatoms. The lowest BCUT2D eigenvalue weighted by Gasteiger charge is -2.24. The summed E-state index contributed by atoms with van der Waals surface area (Å²) in [5, 5.41) is 3.51. The zero-order chi connectivity index (χ0) is 13.8. The summed E-state index contributed by atoms with van der Waals surface area (Å²) < 4.78 is 0. The lowest BCUT2D eigenvalue weighted by Crippen LogP contribution is -2.33. The topological polar surface area (TPSA) is 15.3 Å². The predicted octanol–water partition coefficient (Wildman–Crippen LogP) is 2.87. The molecule has 2 unspecified atom stereocenters. The normalized spacial score (nSPS) is 27.2. The van der Waals surface area contributed by atoms with Crippen molar-refractivity contribution in [3.8, 4) is 0 Å². The molecule has 1 fully saturated rings. The van der Waals surface area contributed by atoms with E-state index in [2.05, 4.69) is 41.5 Å². The van der Waals surface area contributed by atoms with E-state index in [0.29, 0.717) is 0 Å². The first kappa shape index (κ1) is 14.1. The number of hydrogen-bond donors (Lipinski definition) is 1. The van der Waals surface area contributed by atoms with Gasteiger partial charge in [0.05, 0.1) is 0 Å². The van der Waals surface area contributed by atoms with Crippen LogP contribution in [0.1, 0.15) is 36.8 Å². The predicted molar refractivity (Wildman–Crippen MR) is 85.1 cm³/mol. The maximum Gasteiger partial charge on any atom is 0.00928 e. The minimum atomic E-state index is 0.777. The van der Waals surface area contributed by atoms with Gasteiger partial charge in [0.1, 0.15) is 0 Å². The smallest absolute Gasteiger partial charge is 0.00928 e. The van der Waals surface area contributed by atoms with Crippen molar-refractivity contribution in [3.63, 3.8) is 0 Å². The highest BCUT2D eigenvalue weighted by molar-refractivity contribution is 5.28. The van der Waals surface area contributed by atoms with Crippen LogP contribution < -0.4 is 5.32 Å². The van der Waals surface area contributed by atoms with Crippen molar-refractivity contribution in [2.45, 2.75) is 44.6 Å². The molecular weight excluding hydrogens is 244 g/mol. The van der Waals surface area contributed by atoms with Crippen molar-refractivity contribution in [2.75, 3.05) is 26.7 Å². The van der Waals surface area contributed by atoms with Gasteiger partial charge in [0.15, 0.2) is 0 Å². The van der Waals surface area contributed by atoms with Crippen LogP contribution in [0.2, 0.25) is 0 Å². The number of fused-ring (bicyclic) bond motifs is 1. The average Bonchev–Trinajstić information content (AvgIpc) is 2.85. The molecule has 2 atom stereocenters. The third-order valence-electron chi connectivity index (χ3n) is 5.36. The van der Waals surface area contributed by atoms with Gasteiger partial charge in [0, 0.05) is 19.1 Å². The van der Waals surface area contributed by atoms with Crippen LogP contribution in [0.5, 0.6) is 0 Å². The SMILES string of the molecule is CNC1CCCC1CCN1CCc2ccccc2CC1. The summed E-state index contributed by atoms with van der Waals surface area (Å²) in [6.07, 6.45) is 8.07. The van der Waals surface area contributed by atoms with Crippen molar-refractivity contribution in [3.05, 3.63) is 35.4 Å². The van der Waals surface area contributed by atoms with Crippen molar-refractivity contribution in [1.82, 2.24) is 10.2 Å². The van der Waals surface area contributed by atoms with Crippen molar-refractivity contribution >= 4 is 0 Å². The summed E-state index contributed by atoms with van der Waals surface area (Å²) in [6.45, 7) is 3.78. The summed E-state index contributed by atoms with van der Waals surface area (Å²) in [5.41, 5.74) is 3.15. The fourth-order valence-corrected chi connectivity index (χ4v) is 4.05. The molecule has 1 saturated carbocycles. The van der Waals surface area contributed by atoms with Gasteiger partial charge in [-0.1, -0.05) is 30.7 Å². The molecule has 0 saturated heterocycles. The monoisotopic (exact) mass is 272 g/mol. The molecule has 1 aromatic carbocycles. The molecule has 110 valence electrons. The minimum absolute atomic E-state index is 0.777. The van der Waals surface area contributed by atoms with E-state index in [4.69, 9.17) is 0 Å². The van der Waals surface area contributed by atoms with E-state index in [-0.39, 0.29) is 0 Å². The van der Waals surface area contributed by atoms with Crippen LogP contribution in [0.4, 0.5) is 0 Å². The van der Waals surface area contributed by atoms with E-state index in [1.54, 1.807) is 11.1 Å². The highest BCUT2D eigenvalue weighted by Gasteiger charge is 2.26. The van der Waals surface area contributed by atoms with Crippen LogP contribution in [-0.2, 0) is 12.8 Å². The first-order valence-electron chi connectivity index (χ1n) is 8.33.